The van der Waals surface area contributed by atoms with Crippen molar-refractivity contribution in [2.45, 2.75) is 37.8 Å². The van der Waals surface area contributed by atoms with Gasteiger partial charge in [-0.25, -0.2) is 0 Å². The predicted molar refractivity (Wildman–Crippen MR) is 87.2 cm³/mol. The molecule has 21 heavy (non-hydrogen) atoms. The zero-order valence-corrected chi connectivity index (χ0v) is 13.6. The van der Waals surface area contributed by atoms with Crippen molar-refractivity contribution in [3.8, 4) is 0 Å². The molecule has 3 nitrogen and oxygen atoms in total. The van der Waals surface area contributed by atoms with Crippen LogP contribution in [0, 0.1) is 0 Å². The van der Waals surface area contributed by atoms with Gasteiger partial charge in [-0.15, -0.1) is 0 Å². The van der Waals surface area contributed by atoms with Crippen molar-refractivity contribution in [1.29, 1.82) is 0 Å². The molecule has 0 amide bonds. The molecule has 0 radical (unpaired) electrons. The third-order valence-corrected chi connectivity index (χ3v) is 5.40. The standard InChI is InChI=1S/C16H22Cl2N2O/c17-14-5-3-12-13(16(14)18)4-6-15(12)19-9-11(21)10-20-7-1-2-8-20/h3,5,11,15,19,21H,1-2,4,6-10H2. The summed E-state index contributed by atoms with van der Waals surface area (Å²) in [5.74, 6) is 0. The minimum atomic E-state index is -0.310. The molecule has 3 rings (SSSR count). The molecule has 2 aliphatic rings. The molecule has 2 atom stereocenters. The number of likely N-dealkylation sites (tertiary alicyclic amines) is 1. The van der Waals surface area contributed by atoms with Gasteiger partial charge in [0, 0.05) is 19.1 Å². The molecule has 1 saturated heterocycles. The van der Waals surface area contributed by atoms with Crippen LogP contribution < -0.4 is 5.32 Å². The summed E-state index contributed by atoms with van der Waals surface area (Å²) in [6, 6.07) is 4.20. The monoisotopic (exact) mass is 328 g/mol. The zero-order chi connectivity index (χ0) is 14.8. The molecule has 0 spiro atoms. The summed E-state index contributed by atoms with van der Waals surface area (Å²) in [7, 11) is 0. The Bertz CT molecular complexity index is 503. The van der Waals surface area contributed by atoms with Gasteiger partial charge in [0.05, 0.1) is 16.1 Å². The van der Waals surface area contributed by atoms with E-state index in [-0.39, 0.29) is 12.1 Å². The van der Waals surface area contributed by atoms with Crippen LogP contribution in [0.5, 0.6) is 0 Å². The van der Waals surface area contributed by atoms with E-state index < -0.39 is 0 Å². The summed E-state index contributed by atoms with van der Waals surface area (Å²) >= 11 is 12.3. The maximum atomic E-state index is 10.2. The van der Waals surface area contributed by atoms with Crippen LogP contribution in [-0.4, -0.2) is 42.3 Å². The molecule has 1 aromatic carbocycles. The number of nitrogens with one attached hydrogen (secondary N) is 1. The number of β-amino-alcohol motifs (C(OH)–C–C–N with tert-alkyl or cyclic N) is 1. The Labute approximate surface area is 136 Å². The lowest BCUT2D eigenvalue weighted by Crippen LogP contribution is -2.38. The molecule has 116 valence electrons. The van der Waals surface area contributed by atoms with Crippen molar-refractivity contribution in [1.82, 2.24) is 10.2 Å². The van der Waals surface area contributed by atoms with Gasteiger partial charge in [0.25, 0.3) is 0 Å². The van der Waals surface area contributed by atoms with Gasteiger partial charge in [-0.1, -0.05) is 29.3 Å². The Balaban J connectivity index is 1.54. The number of fused-ring (bicyclic) bond motifs is 1. The van der Waals surface area contributed by atoms with Gasteiger partial charge in [0.15, 0.2) is 0 Å². The Kier molecular flexibility index (Phi) is 5.07. The highest BCUT2D eigenvalue weighted by molar-refractivity contribution is 6.42. The van der Waals surface area contributed by atoms with E-state index in [1.165, 1.54) is 18.4 Å². The van der Waals surface area contributed by atoms with Crippen LogP contribution in [0.2, 0.25) is 10.0 Å². The van der Waals surface area contributed by atoms with Crippen LogP contribution >= 0.6 is 23.2 Å². The highest BCUT2D eigenvalue weighted by Crippen LogP contribution is 2.38. The summed E-state index contributed by atoms with van der Waals surface area (Å²) in [5.41, 5.74) is 2.40. The van der Waals surface area contributed by atoms with E-state index in [9.17, 15) is 5.11 Å². The molecule has 1 aliphatic carbocycles. The molecule has 1 heterocycles. The number of nitrogens with zero attached hydrogens (tertiary/aromatic N) is 1. The largest absolute Gasteiger partial charge is 0.390 e. The average molecular weight is 329 g/mol. The first-order chi connectivity index (χ1) is 10.1. The SMILES string of the molecule is OC(CNC1CCc2c1ccc(Cl)c2Cl)CN1CCCC1. The smallest absolute Gasteiger partial charge is 0.0791 e. The quantitative estimate of drug-likeness (QED) is 0.872. The van der Waals surface area contributed by atoms with E-state index >= 15 is 0 Å². The summed E-state index contributed by atoms with van der Waals surface area (Å²) in [4.78, 5) is 2.34. The molecule has 0 saturated carbocycles. The summed E-state index contributed by atoms with van der Waals surface area (Å²) < 4.78 is 0. The molecule has 5 heteroatoms. The van der Waals surface area contributed by atoms with Crippen LogP contribution in [0.15, 0.2) is 12.1 Å². The topological polar surface area (TPSA) is 35.5 Å². The number of hydrogen-bond donors (Lipinski definition) is 2. The number of benzene rings is 1. The van der Waals surface area contributed by atoms with Crippen LogP contribution in [0.4, 0.5) is 0 Å². The second kappa shape index (κ2) is 6.84. The molecular weight excluding hydrogens is 307 g/mol. The number of aliphatic hydroxyl groups is 1. The Morgan fingerprint density at radius 2 is 2.05 bits per heavy atom. The second-order valence-electron chi connectivity index (χ2n) is 6.09. The van der Waals surface area contributed by atoms with Gasteiger partial charge in [-0.2, -0.15) is 0 Å². The molecule has 1 aliphatic heterocycles. The van der Waals surface area contributed by atoms with E-state index in [4.69, 9.17) is 23.2 Å². The van der Waals surface area contributed by atoms with Gasteiger partial charge in [0.1, 0.15) is 0 Å². The Morgan fingerprint density at radius 3 is 2.81 bits per heavy atom. The third-order valence-electron chi connectivity index (χ3n) is 4.56. The van der Waals surface area contributed by atoms with Crippen molar-refractivity contribution in [2.75, 3.05) is 26.2 Å². The third kappa shape index (κ3) is 3.54. The van der Waals surface area contributed by atoms with Gasteiger partial charge in [0.2, 0.25) is 0 Å². The lowest BCUT2D eigenvalue weighted by molar-refractivity contribution is 0.120. The highest BCUT2D eigenvalue weighted by atomic mass is 35.5. The molecule has 0 aromatic heterocycles. The zero-order valence-electron chi connectivity index (χ0n) is 12.1. The number of halogens is 2. The fraction of sp³-hybridized carbons (Fsp3) is 0.625. The Hall–Kier alpha value is -0.320. The van der Waals surface area contributed by atoms with E-state index in [1.54, 1.807) is 0 Å². The van der Waals surface area contributed by atoms with Gasteiger partial charge >= 0.3 is 0 Å². The summed E-state index contributed by atoms with van der Waals surface area (Å²) in [6.07, 6.45) is 4.18. The lowest BCUT2D eigenvalue weighted by Gasteiger charge is -2.22. The first kappa shape index (κ1) is 15.6. The molecular formula is C16H22Cl2N2O. The maximum Gasteiger partial charge on any atom is 0.0791 e. The number of aliphatic hydroxyl groups excluding tert-OH is 1. The maximum absolute atomic E-state index is 10.2. The van der Waals surface area contributed by atoms with Crippen molar-refractivity contribution in [3.05, 3.63) is 33.3 Å². The van der Waals surface area contributed by atoms with Crippen LogP contribution in [0.25, 0.3) is 0 Å². The molecule has 2 unspecified atom stereocenters. The van der Waals surface area contributed by atoms with E-state index in [0.29, 0.717) is 16.6 Å². The van der Waals surface area contributed by atoms with E-state index in [2.05, 4.69) is 16.3 Å². The fourth-order valence-corrected chi connectivity index (χ4v) is 3.89. The van der Waals surface area contributed by atoms with Crippen molar-refractivity contribution in [2.24, 2.45) is 0 Å². The van der Waals surface area contributed by atoms with Crippen molar-refractivity contribution >= 4 is 23.2 Å². The first-order valence-electron chi connectivity index (χ1n) is 7.75. The van der Waals surface area contributed by atoms with Crippen LogP contribution in [-0.2, 0) is 6.42 Å². The van der Waals surface area contributed by atoms with Crippen molar-refractivity contribution < 1.29 is 5.11 Å². The summed E-state index contributed by atoms with van der Waals surface area (Å²) in [6.45, 7) is 3.64. The minimum Gasteiger partial charge on any atom is -0.390 e. The number of rotatable bonds is 5. The van der Waals surface area contributed by atoms with Crippen LogP contribution in [0.3, 0.4) is 0 Å². The van der Waals surface area contributed by atoms with Crippen molar-refractivity contribution in [3.63, 3.8) is 0 Å². The van der Waals surface area contributed by atoms with Gasteiger partial charge in [-0.3, -0.25) is 0 Å². The number of hydrogen-bond acceptors (Lipinski definition) is 3. The second-order valence-corrected chi connectivity index (χ2v) is 6.88. The average Bonchev–Trinajstić information content (AvgIpc) is 3.10. The molecule has 1 fully saturated rings. The first-order valence-corrected chi connectivity index (χ1v) is 8.51. The van der Waals surface area contributed by atoms with E-state index in [0.717, 1.165) is 38.0 Å². The van der Waals surface area contributed by atoms with E-state index in [1.807, 2.05) is 6.07 Å². The Morgan fingerprint density at radius 1 is 1.29 bits per heavy atom. The molecule has 2 N–H and O–H groups in total. The normalized spacial score (nSPS) is 23.5. The highest BCUT2D eigenvalue weighted by Gasteiger charge is 2.26. The van der Waals surface area contributed by atoms with Crippen LogP contribution in [0.1, 0.15) is 36.4 Å². The summed E-state index contributed by atoms with van der Waals surface area (Å²) in [5, 5.41) is 15.0. The molecule has 0 bridgehead atoms. The lowest BCUT2D eigenvalue weighted by atomic mass is 10.1. The fourth-order valence-electron chi connectivity index (χ4n) is 3.45. The van der Waals surface area contributed by atoms with Gasteiger partial charge in [-0.05, 0) is 56.0 Å². The minimum absolute atomic E-state index is 0.281. The van der Waals surface area contributed by atoms with Gasteiger partial charge < -0.3 is 15.3 Å². The molecule has 1 aromatic rings. The predicted octanol–water partition coefficient (Wildman–Crippen LogP) is 3.03.